The second-order valence-corrected chi connectivity index (χ2v) is 5.63. The van der Waals surface area contributed by atoms with Crippen molar-refractivity contribution in [2.45, 2.75) is 11.0 Å². The lowest BCUT2D eigenvalue weighted by Crippen LogP contribution is -2.18. The Morgan fingerprint density at radius 2 is 1.88 bits per heavy atom. The van der Waals surface area contributed by atoms with Crippen LogP contribution in [0.4, 0.5) is 0 Å². The highest BCUT2D eigenvalue weighted by Crippen LogP contribution is 2.18. The average molecular weight is 269 g/mol. The molecule has 0 saturated carbocycles. The Kier molecular flexibility index (Phi) is 4.15. The summed E-state index contributed by atoms with van der Waals surface area (Å²) in [6, 6.07) is 13.6. The molecule has 4 heteroatoms. The van der Waals surface area contributed by atoms with Gasteiger partial charge in [0.2, 0.25) is 0 Å². The highest BCUT2D eigenvalue weighted by Gasteiger charge is 2.10. The summed E-state index contributed by atoms with van der Waals surface area (Å²) in [7, 11) is -1.20. The number of halogens is 1. The summed E-state index contributed by atoms with van der Waals surface area (Å²) in [5.41, 5.74) is 0. The van der Waals surface area contributed by atoms with E-state index >= 15 is 0 Å². The molecular weight excluding hydrogens is 256 g/mol. The van der Waals surface area contributed by atoms with E-state index in [1.54, 1.807) is 0 Å². The Morgan fingerprint density at radius 3 is 2.59 bits per heavy atom. The van der Waals surface area contributed by atoms with Crippen LogP contribution in [0.1, 0.15) is 0 Å². The van der Waals surface area contributed by atoms with Gasteiger partial charge in [0.05, 0.1) is 22.7 Å². The van der Waals surface area contributed by atoms with Gasteiger partial charge in [-0.1, -0.05) is 30.3 Å². The van der Waals surface area contributed by atoms with Crippen molar-refractivity contribution in [2.24, 2.45) is 0 Å². The van der Waals surface area contributed by atoms with Gasteiger partial charge in [0, 0.05) is 10.8 Å². The number of hydrogen-bond acceptors (Lipinski definition) is 2. The van der Waals surface area contributed by atoms with E-state index in [2.05, 4.69) is 0 Å². The van der Waals surface area contributed by atoms with Crippen LogP contribution in [0.15, 0.2) is 47.4 Å². The van der Waals surface area contributed by atoms with Crippen LogP contribution in [0.5, 0.6) is 0 Å². The SMILES string of the molecule is O=S(CC(O)CCl)c1ccc2ccccc2c1. The van der Waals surface area contributed by atoms with Crippen LogP contribution >= 0.6 is 11.6 Å². The smallest absolute Gasteiger partial charge is 0.0794 e. The van der Waals surface area contributed by atoms with Crippen LogP contribution in [0.2, 0.25) is 0 Å². The lowest BCUT2D eigenvalue weighted by Gasteiger charge is -2.07. The quantitative estimate of drug-likeness (QED) is 0.866. The molecule has 0 amide bonds. The number of alkyl halides is 1. The number of benzene rings is 2. The van der Waals surface area contributed by atoms with Crippen molar-refractivity contribution in [1.82, 2.24) is 0 Å². The predicted octanol–water partition coefficient (Wildman–Crippen LogP) is 2.55. The third-order valence-electron chi connectivity index (χ3n) is 2.51. The van der Waals surface area contributed by atoms with Gasteiger partial charge in [-0.2, -0.15) is 0 Å². The minimum atomic E-state index is -1.20. The first kappa shape index (κ1) is 12.6. The number of rotatable bonds is 4. The van der Waals surface area contributed by atoms with Gasteiger partial charge in [0.25, 0.3) is 0 Å². The largest absolute Gasteiger partial charge is 0.391 e. The van der Waals surface area contributed by atoms with Crippen LogP contribution in [0, 0.1) is 0 Å². The van der Waals surface area contributed by atoms with E-state index in [0.717, 1.165) is 15.7 Å². The molecule has 17 heavy (non-hydrogen) atoms. The molecule has 2 aromatic rings. The van der Waals surface area contributed by atoms with Gasteiger partial charge < -0.3 is 5.11 Å². The fourth-order valence-corrected chi connectivity index (χ4v) is 3.00. The van der Waals surface area contributed by atoms with E-state index in [9.17, 15) is 9.32 Å². The number of fused-ring (bicyclic) bond motifs is 1. The summed E-state index contributed by atoms with van der Waals surface area (Å²) >= 11 is 5.49. The van der Waals surface area contributed by atoms with E-state index in [4.69, 9.17) is 11.6 Å². The second-order valence-electron chi connectivity index (χ2n) is 3.83. The number of hydrogen-bond donors (Lipinski definition) is 1. The Balaban J connectivity index is 2.27. The number of aliphatic hydroxyl groups is 1. The van der Waals surface area contributed by atoms with Crippen molar-refractivity contribution < 1.29 is 9.32 Å². The molecule has 0 spiro atoms. The maximum atomic E-state index is 12.0. The summed E-state index contributed by atoms with van der Waals surface area (Å²) in [6.07, 6.45) is -0.719. The molecule has 2 aromatic carbocycles. The monoisotopic (exact) mass is 268 g/mol. The zero-order chi connectivity index (χ0) is 12.3. The van der Waals surface area contributed by atoms with E-state index < -0.39 is 16.9 Å². The molecule has 0 aliphatic carbocycles. The topological polar surface area (TPSA) is 37.3 Å². The first-order valence-corrected chi connectivity index (χ1v) is 7.17. The van der Waals surface area contributed by atoms with E-state index in [1.165, 1.54) is 0 Å². The van der Waals surface area contributed by atoms with Crippen molar-refractivity contribution in [3.8, 4) is 0 Å². The molecule has 2 nitrogen and oxygen atoms in total. The van der Waals surface area contributed by atoms with Crippen molar-refractivity contribution in [3.05, 3.63) is 42.5 Å². The van der Waals surface area contributed by atoms with Crippen molar-refractivity contribution in [3.63, 3.8) is 0 Å². The van der Waals surface area contributed by atoms with Crippen LogP contribution in [-0.4, -0.2) is 27.1 Å². The van der Waals surface area contributed by atoms with Gasteiger partial charge in [-0.05, 0) is 22.9 Å². The summed E-state index contributed by atoms with van der Waals surface area (Å²) in [4.78, 5) is 0.730. The van der Waals surface area contributed by atoms with Crippen LogP contribution in [-0.2, 0) is 10.8 Å². The summed E-state index contributed by atoms with van der Waals surface area (Å²) < 4.78 is 12.0. The molecular formula is C13H13ClO2S. The third-order valence-corrected chi connectivity index (χ3v) is 4.33. The Morgan fingerprint density at radius 1 is 1.18 bits per heavy atom. The standard InChI is InChI=1S/C13H13ClO2S/c14-8-12(15)9-17(16)13-6-5-10-3-1-2-4-11(10)7-13/h1-7,12,15H,8-9H2. The fourth-order valence-electron chi connectivity index (χ4n) is 1.62. The van der Waals surface area contributed by atoms with Crippen molar-refractivity contribution >= 4 is 33.2 Å². The normalized spacial score (nSPS) is 14.7. The van der Waals surface area contributed by atoms with Gasteiger partial charge in [-0.15, -0.1) is 11.6 Å². The molecule has 2 rings (SSSR count). The molecule has 0 bridgehead atoms. The van der Waals surface area contributed by atoms with Crippen LogP contribution in [0.3, 0.4) is 0 Å². The lowest BCUT2D eigenvalue weighted by atomic mass is 10.1. The highest BCUT2D eigenvalue weighted by atomic mass is 35.5. The molecule has 0 radical (unpaired) electrons. The number of aliphatic hydroxyl groups excluding tert-OH is 1. The molecule has 90 valence electrons. The third kappa shape index (κ3) is 3.06. The van der Waals surface area contributed by atoms with E-state index in [1.807, 2.05) is 42.5 Å². The summed E-state index contributed by atoms with van der Waals surface area (Å²) in [5.74, 6) is 0.293. The van der Waals surface area contributed by atoms with Crippen molar-refractivity contribution in [1.29, 1.82) is 0 Å². The zero-order valence-corrected chi connectivity index (χ0v) is 10.7. The van der Waals surface area contributed by atoms with Gasteiger partial charge in [0.15, 0.2) is 0 Å². The molecule has 2 unspecified atom stereocenters. The van der Waals surface area contributed by atoms with Crippen LogP contribution < -0.4 is 0 Å². The van der Waals surface area contributed by atoms with E-state index in [0.29, 0.717) is 0 Å². The maximum Gasteiger partial charge on any atom is 0.0794 e. The fraction of sp³-hybridized carbons (Fsp3) is 0.231. The maximum absolute atomic E-state index is 12.0. The molecule has 0 heterocycles. The van der Waals surface area contributed by atoms with Gasteiger partial charge in [0.1, 0.15) is 0 Å². The Bertz CT molecular complexity index is 542. The second kappa shape index (κ2) is 5.63. The van der Waals surface area contributed by atoms with Crippen LogP contribution in [0.25, 0.3) is 10.8 Å². The minimum Gasteiger partial charge on any atom is -0.391 e. The Labute approximate surface area is 108 Å². The van der Waals surface area contributed by atoms with E-state index in [-0.39, 0.29) is 11.6 Å². The molecule has 1 N–H and O–H groups in total. The first-order chi connectivity index (χ1) is 8.20. The molecule has 0 aromatic heterocycles. The molecule has 0 fully saturated rings. The zero-order valence-electron chi connectivity index (χ0n) is 9.17. The lowest BCUT2D eigenvalue weighted by molar-refractivity contribution is 0.222. The molecule has 0 saturated heterocycles. The summed E-state index contributed by atoms with van der Waals surface area (Å²) in [5, 5.41) is 11.5. The van der Waals surface area contributed by atoms with Gasteiger partial charge in [-0.25, -0.2) is 0 Å². The molecule has 0 aliphatic heterocycles. The predicted molar refractivity (Wildman–Crippen MR) is 72.0 cm³/mol. The average Bonchev–Trinajstić information content (AvgIpc) is 2.38. The molecule has 0 aliphatic rings. The summed E-state index contributed by atoms with van der Waals surface area (Å²) in [6.45, 7) is 0. The Hall–Kier alpha value is -0.900. The first-order valence-electron chi connectivity index (χ1n) is 5.32. The van der Waals surface area contributed by atoms with Gasteiger partial charge >= 0.3 is 0 Å². The highest BCUT2D eigenvalue weighted by molar-refractivity contribution is 7.85. The van der Waals surface area contributed by atoms with Gasteiger partial charge in [-0.3, -0.25) is 4.21 Å². The molecule has 2 atom stereocenters. The van der Waals surface area contributed by atoms with Crippen molar-refractivity contribution in [2.75, 3.05) is 11.6 Å². The minimum absolute atomic E-state index is 0.110.